The van der Waals surface area contributed by atoms with Gasteiger partial charge in [-0.05, 0) is 88.9 Å². The van der Waals surface area contributed by atoms with Gasteiger partial charge in [-0.25, -0.2) is 19.8 Å². The van der Waals surface area contributed by atoms with E-state index in [0.29, 0.717) is 10.8 Å². The molecule has 0 spiro atoms. The molecule has 8 nitrogen and oxygen atoms in total. The molecule has 1 aromatic heterocycles. The van der Waals surface area contributed by atoms with Gasteiger partial charge in [-0.1, -0.05) is 87.8 Å². The number of ether oxygens (including phenoxy) is 2. The van der Waals surface area contributed by atoms with Crippen molar-refractivity contribution in [3.63, 3.8) is 0 Å². The maximum Gasteiger partial charge on any atom is 2.00 e. The van der Waals surface area contributed by atoms with E-state index in [9.17, 15) is 9.90 Å². The molecule has 4 aliphatic heterocycles. The van der Waals surface area contributed by atoms with Gasteiger partial charge < -0.3 is 19.6 Å². The van der Waals surface area contributed by atoms with E-state index >= 15 is 26.3 Å². The molecular weight excluding hydrogens is 908 g/mol. The molecule has 0 radical (unpaired) electrons. The number of rotatable bonds is 9. The molecule has 0 unspecified atom stereocenters. The summed E-state index contributed by atoms with van der Waals surface area (Å²) in [5, 5.41) is 13.4. The quantitative estimate of drug-likeness (QED) is 0.121. The predicted molar refractivity (Wildman–Crippen MR) is 233 cm³/mol. The molecule has 7 rings (SSSR count). The van der Waals surface area contributed by atoms with Crippen LogP contribution in [-0.2, 0) is 29.0 Å². The second kappa shape index (κ2) is 18.0. The summed E-state index contributed by atoms with van der Waals surface area (Å²) in [5.74, 6) is -1.13. The van der Waals surface area contributed by atoms with Crippen molar-refractivity contribution in [2.45, 2.75) is 63.7 Å². The number of hydrogen-bond donors (Lipinski definition) is 0. The van der Waals surface area contributed by atoms with Gasteiger partial charge in [0.2, 0.25) is 0 Å². The van der Waals surface area contributed by atoms with Crippen LogP contribution in [0.15, 0.2) is 135 Å². The molecule has 0 atom stereocenters. The van der Waals surface area contributed by atoms with E-state index in [-0.39, 0.29) is 77.4 Å². The van der Waals surface area contributed by atoms with Crippen LogP contribution < -0.4 is 20.5 Å². The van der Waals surface area contributed by atoms with E-state index in [0.717, 1.165) is 12.1 Å². The standard InChI is InChI=1S/C46H44F6N4O4Si2.Zn/c1-61(2,3)25-23-59-43(57)29-11-7-27(8-12-29)39-31-15-19-35(53-31)41(45(47,48)49)37-21-17-33(55-37)40(28-9-13-30(14-10-28)44(58)60-24-26-62(4,5)6)34-18-22-38(56-34)42(46(50,51)52)36-20-16-32(39)54-36;/h7-22H,23-26H2,1-6H3,(H2,53,54,55,56,57,58);/q;+2/p-2. The van der Waals surface area contributed by atoms with Crippen molar-refractivity contribution in [2.24, 2.45) is 15.0 Å². The summed E-state index contributed by atoms with van der Waals surface area (Å²) < 4.78 is 102. The third kappa shape index (κ3) is 10.9. The van der Waals surface area contributed by atoms with Gasteiger partial charge in [-0.2, -0.15) is 26.3 Å². The molecule has 3 aromatic rings. The van der Waals surface area contributed by atoms with Crippen LogP contribution in [0.1, 0.15) is 27.3 Å². The molecule has 0 N–H and O–H groups in total. The van der Waals surface area contributed by atoms with Gasteiger partial charge in [0.1, 0.15) is 5.57 Å². The second-order valence-electron chi connectivity index (χ2n) is 17.4. The number of alkyl halides is 6. The third-order valence-electron chi connectivity index (χ3n) is 10.2. The Morgan fingerprint density at radius 1 is 0.603 bits per heavy atom. The Hall–Kier alpha value is -5.38. The Morgan fingerprint density at radius 3 is 1.67 bits per heavy atom. The zero-order valence-corrected chi connectivity index (χ0v) is 40.4. The minimum atomic E-state index is -4.95. The van der Waals surface area contributed by atoms with Crippen LogP contribution in [0, 0.1) is 0 Å². The normalized spacial score (nSPS) is 16.4. The Kier molecular flexibility index (Phi) is 13.5. The fraction of sp³-hybridized carbons (Fsp3) is 0.261. The van der Waals surface area contributed by atoms with Crippen molar-refractivity contribution in [2.75, 3.05) is 13.2 Å². The Balaban J connectivity index is 0.00000661. The number of esters is 1. The van der Waals surface area contributed by atoms with Gasteiger partial charge in [0.25, 0.3) is 0 Å². The number of halogens is 6. The summed E-state index contributed by atoms with van der Waals surface area (Å²) in [6.45, 7) is 13.4. The van der Waals surface area contributed by atoms with E-state index in [1.165, 1.54) is 97.1 Å². The Bertz CT molecular complexity index is 2730. The first kappa shape index (κ1) is 47.1. The first-order valence-corrected chi connectivity index (χ1v) is 27.2. The fourth-order valence-electron chi connectivity index (χ4n) is 6.87. The molecule has 63 heavy (non-hydrogen) atoms. The number of hydrogen-bond acceptors (Lipinski definition) is 7. The van der Waals surface area contributed by atoms with Crippen LogP contribution in [0.4, 0.5) is 26.3 Å². The van der Waals surface area contributed by atoms with Crippen LogP contribution in [0.5, 0.6) is 0 Å². The van der Waals surface area contributed by atoms with Crippen LogP contribution >= 0.6 is 0 Å². The number of aliphatic imine (C=N–C) groups is 3. The number of nitrogens with zero attached hydrogens (tertiary/aromatic N) is 4. The number of carbonyl (C=O) groups is 1. The van der Waals surface area contributed by atoms with Gasteiger partial charge in [0.15, 0.2) is 0 Å². The minimum Gasteiger partial charge on any atom is -0.657 e. The van der Waals surface area contributed by atoms with Gasteiger partial charge in [-0.15, -0.1) is 11.4 Å². The average Bonchev–Trinajstić information content (AvgIpc) is 4.01. The number of allylic oxidation sites excluding steroid dienone is 9. The Labute approximate surface area is 375 Å². The van der Waals surface area contributed by atoms with E-state index in [4.69, 9.17) is 9.47 Å². The topological polar surface area (TPSA) is 110 Å². The summed E-state index contributed by atoms with van der Waals surface area (Å²) in [7, 11) is -2.97. The van der Waals surface area contributed by atoms with Gasteiger partial charge in [0, 0.05) is 21.7 Å². The zero-order chi connectivity index (χ0) is 44.8. The van der Waals surface area contributed by atoms with Gasteiger partial charge >= 0.3 is 37.8 Å². The number of carbonyl (C=O) groups excluding carboxylic acids is 1. The first-order valence-electron chi connectivity index (χ1n) is 19.8. The van der Waals surface area contributed by atoms with E-state index in [2.05, 4.69) is 59.2 Å². The number of fused-ring (bicyclic) bond motifs is 5. The maximum absolute atomic E-state index is 15.1. The van der Waals surface area contributed by atoms with Crippen LogP contribution in [0.25, 0.3) is 22.7 Å². The molecule has 0 aliphatic carbocycles. The summed E-state index contributed by atoms with van der Waals surface area (Å²) >= 11 is 0. The van der Waals surface area contributed by atoms with E-state index in [1.807, 2.05) is 0 Å². The second-order valence-corrected chi connectivity index (χ2v) is 28.6. The van der Waals surface area contributed by atoms with Gasteiger partial charge in [0.05, 0.1) is 57.9 Å². The first-order chi connectivity index (χ1) is 29.1. The molecule has 17 heteroatoms. The van der Waals surface area contributed by atoms with Crippen molar-refractivity contribution in [1.29, 1.82) is 0 Å². The molecular formula is C46H42F6N4O4Si2Zn. The molecule has 0 saturated carbocycles. The van der Waals surface area contributed by atoms with Crippen molar-refractivity contribution in [3.8, 4) is 0 Å². The SMILES string of the molecule is C[Si](C)(C)CCOC(=O)c1ccc(C2=C3C=CC(=N3)C(C(F)(F)F)=C3C=CC(=N3)C(=c3ccc(=C([O-])OCC[Si](C)(C)C)cc3)c3ccc([n-]3)C(C(F)(F)F)=C3C=CC2=N3)cc1.[Zn+2]. The largest absolute Gasteiger partial charge is 2.00 e. The molecule has 2 aromatic carbocycles. The van der Waals surface area contributed by atoms with Crippen molar-refractivity contribution >= 4 is 61.9 Å². The van der Waals surface area contributed by atoms with Crippen LogP contribution in [0.3, 0.4) is 0 Å². The number of benzene rings is 2. The van der Waals surface area contributed by atoms with Crippen molar-refractivity contribution in [3.05, 3.63) is 153 Å². The number of aromatic nitrogens is 1. The summed E-state index contributed by atoms with van der Waals surface area (Å²) in [6, 6.07) is 16.0. The summed E-state index contributed by atoms with van der Waals surface area (Å²) in [5.41, 5.74) is -3.46. The maximum atomic E-state index is 15.1. The molecule has 5 heterocycles. The fourth-order valence-corrected chi connectivity index (χ4v) is 8.30. The smallest absolute Gasteiger partial charge is 0.657 e. The van der Waals surface area contributed by atoms with Crippen LogP contribution in [-0.4, -0.2) is 64.8 Å². The zero-order valence-electron chi connectivity index (χ0n) is 35.5. The molecule has 0 fully saturated rings. The van der Waals surface area contributed by atoms with Crippen molar-refractivity contribution in [1.82, 2.24) is 4.98 Å². The molecule has 4 aliphatic rings. The predicted octanol–water partition coefficient (Wildman–Crippen LogP) is 8.66. The third-order valence-corrected chi connectivity index (χ3v) is 13.6. The minimum absolute atomic E-state index is 0. The van der Waals surface area contributed by atoms with E-state index in [1.54, 1.807) is 0 Å². The molecule has 322 valence electrons. The van der Waals surface area contributed by atoms with E-state index < -0.39 is 74.4 Å². The summed E-state index contributed by atoms with van der Waals surface area (Å²) in [4.78, 5) is 30.5. The Morgan fingerprint density at radius 2 is 1.10 bits per heavy atom. The monoisotopic (exact) mass is 948 g/mol. The van der Waals surface area contributed by atoms with Gasteiger partial charge in [-0.3, -0.25) is 0 Å². The average molecular weight is 950 g/mol. The van der Waals surface area contributed by atoms with Crippen LogP contribution in [0.2, 0.25) is 51.4 Å². The molecule has 0 saturated heterocycles. The summed E-state index contributed by atoms with van der Waals surface area (Å²) in [6.07, 6.45) is -2.40. The molecule has 0 amide bonds. The molecule has 8 bridgehead atoms. The van der Waals surface area contributed by atoms with Crippen molar-refractivity contribution < 1.29 is 65.2 Å².